The summed E-state index contributed by atoms with van der Waals surface area (Å²) in [5.74, 6) is 1.99. The number of para-hydroxylation sites is 1. The molecule has 0 saturated carbocycles. The summed E-state index contributed by atoms with van der Waals surface area (Å²) in [7, 11) is 0. The molecule has 96 valence electrons. The van der Waals surface area contributed by atoms with Crippen molar-refractivity contribution in [3.63, 3.8) is 0 Å². The first-order chi connectivity index (χ1) is 9.19. The SMILES string of the molecule is Cc1nc(CN)nc(-c2c(C)[nH]c3ccccc23)n1. The lowest BCUT2D eigenvalue weighted by molar-refractivity contribution is 0.851. The Kier molecular flexibility index (Phi) is 2.76. The van der Waals surface area contributed by atoms with E-state index in [9.17, 15) is 0 Å². The lowest BCUT2D eigenvalue weighted by Crippen LogP contribution is -2.07. The maximum Gasteiger partial charge on any atom is 0.165 e. The number of benzene rings is 1. The number of aromatic amines is 1. The molecule has 3 N–H and O–H groups in total. The van der Waals surface area contributed by atoms with E-state index in [4.69, 9.17) is 5.73 Å². The average Bonchev–Trinajstić information content (AvgIpc) is 2.73. The third-order valence-corrected chi connectivity index (χ3v) is 3.09. The molecule has 0 bridgehead atoms. The van der Waals surface area contributed by atoms with Gasteiger partial charge in [0.15, 0.2) is 5.82 Å². The normalized spacial score (nSPS) is 11.1. The maximum atomic E-state index is 5.63. The zero-order valence-electron chi connectivity index (χ0n) is 10.9. The molecule has 0 aliphatic carbocycles. The summed E-state index contributed by atoms with van der Waals surface area (Å²) in [6.45, 7) is 4.20. The van der Waals surface area contributed by atoms with Gasteiger partial charge in [-0.05, 0) is 19.9 Å². The highest BCUT2D eigenvalue weighted by atomic mass is 15.0. The van der Waals surface area contributed by atoms with E-state index in [1.807, 2.05) is 32.0 Å². The first-order valence-corrected chi connectivity index (χ1v) is 6.18. The molecule has 0 aliphatic heterocycles. The molecule has 3 rings (SSSR count). The summed E-state index contributed by atoms with van der Waals surface area (Å²) in [6.07, 6.45) is 0. The summed E-state index contributed by atoms with van der Waals surface area (Å²) < 4.78 is 0. The fraction of sp³-hybridized carbons (Fsp3) is 0.214. The van der Waals surface area contributed by atoms with Gasteiger partial charge >= 0.3 is 0 Å². The van der Waals surface area contributed by atoms with Gasteiger partial charge in [-0.3, -0.25) is 0 Å². The van der Waals surface area contributed by atoms with Crippen LogP contribution >= 0.6 is 0 Å². The van der Waals surface area contributed by atoms with Crippen molar-refractivity contribution < 1.29 is 0 Å². The molecule has 0 aliphatic rings. The van der Waals surface area contributed by atoms with E-state index in [2.05, 4.69) is 26.0 Å². The topological polar surface area (TPSA) is 80.5 Å². The second-order valence-corrected chi connectivity index (χ2v) is 4.50. The smallest absolute Gasteiger partial charge is 0.165 e. The van der Waals surface area contributed by atoms with Crippen molar-refractivity contribution in [3.05, 3.63) is 41.6 Å². The lowest BCUT2D eigenvalue weighted by Gasteiger charge is -2.04. The fourth-order valence-electron chi connectivity index (χ4n) is 2.31. The van der Waals surface area contributed by atoms with E-state index in [0.717, 1.165) is 22.2 Å². The molecule has 0 amide bonds. The molecule has 0 radical (unpaired) electrons. The van der Waals surface area contributed by atoms with Crippen molar-refractivity contribution >= 4 is 10.9 Å². The number of nitrogens with two attached hydrogens (primary N) is 1. The Morgan fingerprint density at radius 1 is 1.11 bits per heavy atom. The van der Waals surface area contributed by atoms with E-state index in [-0.39, 0.29) is 0 Å². The molecule has 0 fully saturated rings. The van der Waals surface area contributed by atoms with Crippen LogP contribution in [0.15, 0.2) is 24.3 Å². The number of H-pyrrole nitrogens is 1. The van der Waals surface area contributed by atoms with E-state index in [0.29, 0.717) is 24.0 Å². The van der Waals surface area contributed by atoms with Crippen LogP contribution in [-0.4, -0.2) is 19.9 Å². The van der Waals surface area contributed by atoms with Gasteiger partial charge in [-0.15, -0.1) is 0 Å². The van der Waals surface area contributed by atoms with Crippen LogP contribution in [0.25, 0.3) is 22.3 Å². The summed E-state index contributed by atoms with van der Waals surface area (Å²) >= 11 is 0. The number of fused-ring (bicyclic) bond motifs is 1. The lowest BCUT2D eigenvalue weighted by atomic mass is 10.1. The van der Waals surface area contributed by atoms with Crippen LogP contribution in [0, 0.1) is 13.8 Å². The Hall–Kier alpha value is -2.27. The van der Waals surface area contributed by atoms with E-state index >= 15 is 0 Å². The maximum absolute atomic E-state index is 5.63. The first-order valence-electron chi connectivity index (χ1n) is 6.18. The largest absolute Gasteiger partial charge is 0.358 e. The number of nitrogens with one attached hydrogen (secondary N) is 1. The van der Waals surface area contributed by atoms with Crippen LogP contribution < -0.4 is 5.73 Å². The van der Waals surface area contributed by atoms with Gasteiger partial charge in [0, 0.05) is 22.2 Å². The summed E-state index contributed by atoms with van der Waals surface area (Å²) in [6, 6.07) is 8.13. The van der Waals surface area contributed by atoms with Crippen molar-refractivity contribution in [3.8, 4) is 11.4 Å². The third-order valence-electron chi connectivity index (χ3n) is 3.09. The molecule has 3 aromatic rings. The molecule has 0 spiro atoms. The third kappa shape index (κ3) is 1.98. The molecule has 19 heavy (non-hydrogen) atoms. The zero-order chi connectivity index (χ0) is 13.4. The molecular weight excluding hydrogens is 238 g/mol. The number of hydrogen-bond acceptors (Lipinski definition) is 4. The number of rotatable bonds is 2. The quantitative estimate of drug-likeness (QED) is 0.732. The minimum Gasteiger partial charge on any atom is -0.358 e. The van der Waals surface area contributed by atoms with Crippen LogP contribution in [0.2, 0.25) is 0 Å². The molecule has 0 unspecified atom stereocenters. The van der Waals surface area contributed by atoms with Crippen molar-refractivity contribution in [2.24, 2.45) is 5.73 Å². The second-order valence-electron chi connectivity index (χ2n) is 4.50. The molecule has 5 nitrogen and oxygen atoms in total. The van der Waals surface area contributed by atoms with Crippen LogP contribution in [-0.2, 0) is 6.54 Å². The molecular formula is C14H15N5. The highest BCUT2D eigenvalue weighted by Gasteiger charge is 2.14. The molecule has 2 aromatic heterocycles. The van der Waals surface area contributed by atoms with Crippen molar-refractivity contribution in [1.82, 2.24) is 19.9 Å². The number of hydrogen-bond donors (Lipinski definition) is 2. The summed E-state index contributed by atoms with van der Waals surface area (Å²) in [4.78, 5) is 16.4. The van der Waals surface area contributed by atoms with Gasteiger partial charge in [0.05, 0.1) is 6.54 Å². The Labute approximate surface area is 110 Å². The monoisotopic (exact) mass is 253 g/mol. The number of aromatic nitrogens is 4. The van der Waals surface area contributed by atoms with Gasteiger partial charge in [0.25, 0.3) is 0 Å². The van der Waals surface area contributed by atoms with Gasteiger partial charge < -0.3 is 10.7 Å². The minimum atomic E-state index is 0.317. The molecule has 5 heteroatoms. The van der Waals surface area contributed by atoms with Gasteiger partial charge in [0.1, 0.15) is 11.6 Å². The molecule has 2 heterocycles. The zero-order valence-corrected chi connectivity index (χ0v) is 10.9. The van der Waals surface area contributed by atoms with Crippen LogP contribution in [0.1, 0.15) is 17.3 Å². The van der Waals surface area contributed by atoms with Crippen LogP contribution in [0.3, 0.4) is 0 Å². The highest BCUT2D eigenvalue weighted by Crippen LogP contribution is 2.29. The Morgan fingerprint density at radius 3 is 2.68 bits per heavy atom. The molecule has 1 aromatic carbocycles. The summed E-state index contributed by atoms with van der Waals surface area (Å²) in [5.41, 5.74) is 8.79. The van der Waals surface area contributed by atoms with Crippen molar-refractivity contribution in [1.29, 1.82) is 0 Å². The molecule has 0 atom stereocenters. The Balaban J connectivity index is 2.29. The average molecular weight is 253 g/mol. The van der Waals surface area contributed by atoms with E-state index in [1.54, 1.807) is 0 Å². The van der Waals surface area contributed by atoms with Gasteiger partial charge in [-0.1, -0.05) is 18.2 Å². The standard InChI is InChI=1S/C14H15N5/c1-8-13(10-5-3-4-6-11(10)16-8)14-18-9(2)17-12(7-15)19-14/h3-6,16H,7,15H2,1-2H3. The number of nitrogens with zero attached hydrogens (tertiary/aromatic N) is 3. The second kappa shape index (κ2) is 4.44. The van der Waals surface area contributed by atoms with E-state index in [1.165, 1.54) is 0 Å². The predicted octanol–water partition coefficient (Wildman–Crippen LogP) is 2.10. The van der Waals surface area contributed by atoms with Gasteiger partial charge in [-0.2, -0.15) is 0 Å². The van der Waals surface area contributed by atoms with E-state index < -0.39 is 0 Å². The fourth-order valence-corrected chi connectivity index (χ4v) is 2.31. The Morgan fingerprint density at radius 2 is 1.89 bits per heavy atom. The Bertz CT molecular complexity index is 745. The molecule has 0 saturated heterocycles. The summed E-state index contributed by atoms with van der Waals surface area (Å²) in [5, 5.41) is 1.12. The number of aryl methyl sites for hydroxylation is 2. The predicted molar refractivity (Wildman–Crippen MR) is 74.5 cm³/mol. The first kappa shape index (κ1) is 11.8. The van der Waals surface area contributed by atoms with Crippen LogP contribution in [0.5, 0.6) is 0 Å². The van der Waals surface area contributed by atoms with Crippen molar-refractivity contribution in [2.75, 3.05) is 0 Å². The van der Waals surface area contributed by atoms with Gasteiger partial charge in [-0.25, -0.2) is 15.0 Å². The van der Waals surface area contributed by atoms with Crippen molar-refractivity contribution in [2.45, 2.75) is 20.4 Å². The van der Waals surface area contributed by atoms with Crippen LogP contribution in [0.4, 0.5) is 0 Å². The van der Waals surface area contributed by atoms with Gasteiger partial charge in [0.2, 0.25) is 0 Å². The minimum absolute atomic E-state index is 0.317. The highest BCUT2D eigenvalue weighted by molar-refractivity contribution is 5.95.